The molecule has 5 rings (SSSR count). The minimum atomic E-state index is 0.774. The van der Waals surface area contributed by atoms with Crippen LogP contribution in [0.25, 0.3) is 33.1 Å². The predicted molar refractivity (Wildman–Crippen MR) is 111 cm³/mol. The molecule has 0 aliphatic heterocycles. The Hall–Kier alpha value is -2.72. The van der Waals surface area contributed by atoms with Crippen LogP contribution in [0.4, 0.5) is 0 Å². The summed E-state index contributed by atoms with van der Waals surface area (Å²) in [4.78, 5) is 9.87. The standard InChI is InChI=1S/C22H16BrN3/c1-14-5-4-6-15(11-14)13-26-20-10-9-16(23)12-17(20)21-22(26)25-19-8-3-2-7-18(19)24-21/h2-12H,13H2,1H3. The maximum absolute atomic E-state index is 4.95. The highest BCUT2D eigenvalue weighted by molar-refractivity contribution is 9.10. The number of benzene rings is 3. The van der Waals surface area contributed by atoms with Crippen molar-refractivity contribution < 1.29 is 0 Å². The lowest BCUT2D eigenvalue weighted by atomic mass is 10.1. The molecule has 0 radical (unpaired) electrons. The predicted octanol–water partition coefficient (Wildman–Crippen LogP) is 5.86. The van der Waals surface area contributed by atoms with Crippen LogP contribution < -0.4 is 0 Å². The van der Waals surface area contributed by atoms with Gasteiger partial charge in [-0.25, -0.2) is 9.97 Å². The Balaban J connectivity index is 1.85. The summed E-state index contributed by atoms with van der Waals surface area (Å²) in [5, 5.41) is 1.13. The fourth-order valence-corrected chi connectivity index (χ4v) is 3.92. The van der Waals surface area contributed by atoms with Crippen LogP contribution in [-0.4, -0.2) is 14.5 Å². The highest BCUT2D eigenvalue weighted by Gasteiger charge is 2.15. The number of aromatic nitrogens is 3. The minimum Gasteiger partial charge on any atom is -0.319 e. The van der Waals surface area contributed by atoms with Crippen LogP contribution >= 0.6 is 15.9 Å². The van der Waals surface area contributed by atoms with Gasteiger partial charge in [-0.15, -0.1) is 0 Å². The molecule has 3 aromatic carbocycles. The Morgan fingerprint density at radius 2 is 1.69 bits per heavy atom. The Morgan fingerprint density at radius 1 is 0.885 bits per heavy atom. The molecule has 0 saturated carbocycles. The summed E-state index contributed by atoms with van der Waals surface area (Å²) < 4.78 is 3.32. The molecule has 26 heavy (non-hydrogen) atoms. The van der Waals surface area contributed by atoms with E-state index in [-0.39, 0.29) is 0 Å². The topological polar surface area (TPSA) is 30.7 Å². The van der Waals surface area contributed by atoms with Crippen molar-refractivity contribution in [3.63, 3.8) is 0 Å². The van der Waals surface area contributed by atoms with Gasteiger partial charge in [-0.3, -0.25) is 0 Å². The van der Waals surface area contributed by atoms with E-state index in [0.717, 1.165) is 44.1 Å². The molecule has 0 fully saturated rings. The van der Waals surface area contributed by atoms with Gasteiger partial charge in [-0.1, -0.05) is 57.9 Å². The molecule has 2 heterocycles. The van der Waals surface area contributed by atoms with Crippen LogP contribution in [0, 0.1) is 6.92 Å². The summed E-state index contributed by atoms with van der Waals surface area (Å²) in [6.07, 6.45) is 0. The molecule has 0 aliphatic carbocycles. The summed E-state index contributed by atoms with van der Waals surface area (Å²) in [5.41, 5.74) is 7.41. The van der Waals surface area contributed by atoms with Crippen molar-refractivity contribution >= 4 is 49.0 Å². The van der Waals surface area contributed by atoms with E-state index in [1.165, 1.54) is 11.1 Å². The third kappa shape index (κ3) is 2.49. The molecular formula is C22H16BrN3. The van der Waals surface area contributed by atoms with Crippen molar-refractivity contribution in [2.75, 3.05) is 0 Å². The fraction of sp³-hybridized carbons (Fsp3) is 0.0909. The zero-order valence-corrected chi connectivity index (χ0v) is 15.9. The lowest BCUT2D eigenvalue weighted by molar-refractivity contribution is 0.856. The normalized spacial score (nSPS) is 11.6. The summed E-state index contributed by atoms with van der Waals surface area (Å²) in [6.45, 7) is 2.90. The van der Waals surface area contributed by atoms with E-state index < -0.39 is 0 Å². The Bertz CT molecular complexity index is 1290. The molecule has 0 amide bonds. The van der Waals surface area contributed by atoms with Crippen LogP contribution in [0.3, 0.4) is 0 Å². The molecular weight excluding hydrogens is 386 g/mol. The van der Waals surface area contributed by atoms with E-state index >= 15 is 0 Å². The molecule has 0 atom stereocenters. The molecule has 3 nitrogen and oxygen atoms in total. The summed E-state index contributed by atoms with van der Waals surface area (Å²) in [6, 6.07) is 23.0. The number of fused-ring (bicyclic) bond motifs is 4. The Labute approximate surface area is 159 Å². The number of nitrogens with zero attached hydrogens (tertiary/aromatic N) is 3. The van der Waals surface area contributed by atoms with Gasteiger partial charge in [0, 0.05) is 16.4 Å². The van der Waals surface area contributed by atoms with Crippen molar-refractivity contribution in [1.29, 1.82) is 0 Å². The molecule has 5 aromatic rings. The van der Waals surface area contributed by atoms with Crippen LogP contribution in [0.5, 0.6) is 0 Å². The molecule has 4 heteroatoms. The quantitative estimate of drug-likeness (QED) is 0.371. The van der Waals surface area contributed by atoms with Crippen molar-refractivity contribution in [3.8, 4) is 0 Å². The highest BCUT2D eigenvalue weighted by atomic mass is 79.9. The second-order valence-electron chi connectivity index (χ2n) is 6.62. The van der Waals surface area contributed by atoms with Crippen LogP contribution in [0.1, 0.15) is 11.1 Å². The number of rotatable bonds is 2. The van der Waals surface area contributed by atoms with Gasteiger partial charge >= 0.3 is 0 Å². The van der Waals surface area contributed by atoms with Crippen LogP contribution in [-0.2, 0) is 6.54 Å². The van der Waals surface area contributed by atoms with Gasteiger partial charge in [-0.05, 0) is 42.8 Å². The van der Waals surface area contributed by atoms with Gasteiger partial charge in [0.15, 0.2) is 5.65 Å². The molecule has 0 spiro atoms. The maximum Gasteiger partial charge on any atom is 0.160 e. The van der Waals surface area contributed by atoms with Gasteiger partial charge in [0.25, 0.3) is 0 Å². The molecule has 0 unspecified atom stereocenters. The number of hydrogen-bond donors (Lipinski definition) is 0. The summed E-state index contributed by atoms with van der Waals surface area (Å²) in [5.74, 6) is 0. The first-order chi connectivity index (χ1) is 12.7. The first kappa shape index (κ1) is 15.5. The average Bonchev–Trinajstić information content (AvgIpc) is 2.92. The second-order valence-corrected chi connectivity index (χ2v) is 7.54. The number of aryl methyl sites for hydroxylation is 1. The summed E-state index contributed by atoms with van der Waals surface area (Å²) >= 11 is 3.60. The molecule has 0 bridgehead atoms. The van der Waals surface area contributed by atoms with E-state index in [0.29, 0.717) is 0 Å². The monoisotopic (exact) mass is 401 g/mol. The third-order valence-corrected chi connectivity index (χ3v) is 5.23. The lowest BCUT2D eigenvalue weighted by Gasteiger charge is -2.08. The smallest absolute Gasteiger partial charge is 0.160 e. The zero-order chi connectivity index (χ0) is 17.7. The molecule has 0 saturated heterocycles. The van der Waals surface area contributed by atoms with Gasteiger partial charge in [0.2, 0.25) is 0 Å². The van der Waals surface area contributed by atoms with Crippen LogP contribution in [0.2, 0.25) is 0 Å². The van der Waals surface area contributed by atoms with E-state index in [4.69, 9.17) is 9.97 Å². The van der Waals surface area contributed by atoms with E-state index in [1.54, 1.807) is 0 Å². The van der Waals surface area contributed by atoms with Gasteiger partial charge in [-0.2, -0.15) is 0 Å². The molecule has 126 valence electrons. The van der Waals surface area contributed by atoms with Crippen molar-refractivity contribution in [2.24, 2.45) is 0 Å². The second kappa shape index (κ2) is 5.92. The molecule has 0 N–H and O–H groups in total. The van der Waals surface area contributed by atoms with E-state index in [9.17, 15) is 0 Å². The largest absolute Gasteiger partial charge is 0.319 e. The first-order valence-electron chi connectivity index (χ1n) is 8.59. The van der Waals surface area contributed by atoms with Gasteiger partial charge in [0.05, 0.1) is 16.6 Å². The van der Waals surface area contributed by atoms with Crippen molar-refractivity contribution in [2.45, 2.75) is 13.5 Å². The minimum absolute atomic E-state index is 0.774. The van der Waals surface area contributed by atoms with E-state index in [2.05, 4.69) is 69.9 Å². The lowest BCUT2D eigenvalue weighted by Crippen LogP contribution is -2.01. The van der Waals surface area contributed by atoms with Gasteiger partial charge < -0.3 is 4.57 Å². The first-order valence-corrected chi connectivity index (χ1v) is 9.38. The maximum atomic E-state index is 4.95. The summed E-state index contributed by atoms with van der Waals surface area (Å²) in [7, 11) is 0. The average molecular weight is 402 g/mol. The number of hydrogen-bond acceptors (Lipinski definition) is 2. The number of halogens is 1. The van der Waals surface area contributed by atoms with E-state index in [1.807, 2.05) is 24.3 Å². The Kier molecular flexibility index (Phi) is 3.54. The molecule has 0 aliphatic rings. The van der Waals surface area contributed by atoms with Crippen LogP contribution in [0.15, 0.2) is 71.2 Å². The van der Waals surface area contributed by atoms with Crippen molar-refractivity contribution in [1.82, 2.24) is 14.5 Å². The fourth-order valence-electron chi connectivity index (χ4n) is 3.56. The SMILES string of the molecule is Cc1cccc(Cn2c3ccc(Br)cc3c3nc4ccccc4nc32)c1. The number of para-hydroxylation sites is 2. The third-order valence-electron chi connectivity index (χ3n) is 4.74. The molecule has 2 aromatic heterocycles. The van der Waals surface area contributed by atoms with Crippen molar-refractivity contribution in [3.05, 3.63) is 82.3 Å². The van der Waals surface area contributed by atoms with Gasteiger partial charge in [0.1, 0.15) is 5.52 Å². The Morgan fingerprint density at radius 3 is 2.50 bits per heavy atom. The zero-order valence-electron chi connectivity index (χ0n) is 14.3. The highest BCUT2D eigenvalue weighted by Crippen LogP contribution is 2.31.